The number of aliphatic hydroxyl groups is 1. The molecule has 1 aromatic heterocycles. The minimum absolute atomic E-state index is 0.536. The third-order valence-corrected chi connectivity index (χ3v) is 4.50. The van der Waals surface area contributed by atoms with Gasteiger partial charge in [-0.1, -0.05) is 25.7 Å². The fourth-order valence-electron chi connectivity index (χ4n) is 2.60. The van der Waals surface area contributed by atoms with Crippen molar-refractivity contribution in [2.75, 3.05) is 23.7 Å². The van der Waals surface area contributed by atoms with Gasteiger partial charge in [0.2, 0.25) is 0 Å². The molecule has 0 amide bonds. The predicted molar refractivity (Wildman–Crippen MR) is 85.0 cm³/mol. The lowest BCUT2D eigenvalue weighted by Gasteiger charge is -2.27. The molecule has 1 heterocycles. The van der Waals surface area contributed by atoms with Crippen LogP contribution >= 0.6 is 15.9 Å². The summed E-state index contributed by atoms with van der Waals surface area (Å²) in [4.78, 5) is 8.42. The molecule has 0 unspecified atom stereocenters. The maximum absolute atomic E-state index is 10.6. The molecule has 1 aliphatic carbocycles. The zero-order valence-corrected chi connectivity index (χ0v) is 13.5. The van der Waals surface area contributed by atoms with Crippen molar-refractivity contribution in [1.82, 2.24) is 9.97 Å². The van der Waals surface area contributed by atoms with E-state index >= 15 is 0 Å². The van der Waals surface area contributed by atoms with E-state index in [2.05, 4.69) is 36.5 Å². The van der Waals surface area contributed by atoms with E-state index in [1.54, 1.807) is 0 Å². The van der Waals surface area contributed by atoms with E-state index in [0.717, 1.165) is 48.3 Å². The zero-order valence-electron chi connectivity index (χ0n) is 12.0. The first-order valence-corrected chi connectivity index (χ1v) is 8.14. The maximum Gasteiger partial charge on any atom is 0.146 e. The summed E-state index contributed by atoms with van der Waals surface area (Å²) in [6, 6.07) is 0. The SMILES string of the molecule is CCNc1ncnc(NCC2(O)CCCCCC2)c1Br. The highest BCUT2D eigenvalue weighted by Crippen LogP contribution is 2.30. The average molecular weight is 343 g/mol. The smallest absolute Gasteiger partial charge is 0.146 e. The van der Waals surface area contributed by atoms with Crippen LogP contribution in [0.3, 0.4) is 0 Å². The molecule has 0 saturated heterocycles. The van der Waals surface area contributed by atoms with Gasteiger partial charge in [0.1, 0.15) is 22.4 Å². The van der Waals surface area contributed by atoms with Crippen LogP contribution in [0.5, 0.6) is 0 Å². The minimum Gasteiger partial charge on any atom is -0.388 e. The molecular weight excluding hydrogens is 320 g/mol. The highest BCUT2D eigenvalue weighted by Gasteiger charge is 2.28. The summed E-state index contributed by atoms with van der Waals surface area (Å²) in [6.45, 7) is 3.36. The van der Waals surface area contributed by atoms with Gasteiger partial charge in [0.15, 0.2) is 0 Å². The molecule has 0 aromatic carbocycles. The molecule has 6 heteroatoms. The van der Waals surface area contributed by atoms with Crippen molar-refractivity contribution in [3.8, 4) is 0 Å². The van der Waals surface area contributed by atoms with Gasteiger partial charge in [-0.15, -0.1) is 0 Å². The third-order valence-electron chi connectivity index (χ3n) is 3.75. The van der Waals surface area contributed by atoms with Crippen molar-refractivity contribution < 1.29 is 5.11 Å². The van der Waals surface area contributed by atoms with Gasteiger partial charge in [-0.25, -0.2) is 9.97 Å². The van der Waals surface area contributed by atoms with Gasteiger partial charge in [-0.05, 0) is 35.7 Å². The lowest BCUT2D eigenvalue weighted by atomic mass is 9.94. The Morgan fingerprint density at radius 2 is 1.75 bits per heavy atom. The molecule has 20 heavy (non-hydrogen) atoms. The van der Waals surface area contributed by atoms with E-state index in [0.29, 0.717) is 6.54 Å². The molecule has 0 aliphatic heterocycles. The predicted octanol–water partition coefficient (Wildman–Crippen LogP) is 3.17. The summed E-state index contributed by atoms with van der Waals surface area (Å²) >= 11 is 3.51. The molecular formula is C14H23BrN4O. The largest absolute Gasteiger partial charge is 0.388 e. The quantitative estimate of drug-likeness (QED) is 0.717. The first-order valence-electron chi connectivity index (χ1n) is 7.35. The van der Waals surface area contributed by atoms with Gasteiger partial charge in [0.25, 0.3) is 0 Å². The van der Waals surface area contributed by atoms with Gasteiger partial charge in [-0.3, -0.25) is 0 Å². The molecule has 0 spiro atoms. The third kappa shape index (κ3) is 4.06. The number of aromatic nitrogens is 2. The van der Waals surface area contributed by atoms with Crippen molar-refractivity contribution >= 4 is 27.6 Å². The van der Waals surface area contributed by atoms with Crippen LogP contribution in [-0.2, 0) is 0 Å². The molecule has 0 radical (unpaired) electrons. The van der Waals surface area contributed by atoms with Crippen LogP contribution < -0.4 is 10.6 Å². The Morgan fingerprint density at radius 3 is 2.35 bits per heavy atom. The number of hydrogen-bond donors (Lipinski definition) is 3. The molecule has 112 valence electrons. The highest BCUT2D eigenvalue weighted by atomic mass is 79.9. The van der Waals surface area contributed by atoms with E-state index in [1.165, 1.54) is 19.2 Å². The number of hydrogen-bond acceptors (Lipinski definition) is 5. The van der Waals surface area contributed by atoms with Crippen molar-refractivity contribution in [3.05, 3.63) is 10.8 Å². The Hall–Kier alpha value is -0.880. The van der Waals surface area contributed by atoms with Crippen LogP contribution in [0.25, 0.3) is 0 Å². The lowest BCUT2D eigenvalue weighted by molar-refractivity contribution is 0.0380. The van der Waals surface area contributed by atoms with Crippen molar-refractivity contribution in [2.24, 2.45) is 0 Å². The number of anilines is 2. The summed E-state index contributed by atoms with van der Waals surface area (Å²) in [5, 5.41) is 17.1. The zero-order chi connectivity index (χ0) is 14.4. The van der Waals surface area contributed by atoms with E-state index in [1.807, 2.05) is 6.92 Å². The number of nitrogens with one attached hydrogen (secondary N) is 2. The topological polar surface area (TPSA) is 70.1 Å². The first-order chi connectivity index (χ1) is 9.64. The van der Waals surface area contributed by atoms with E-state index in [4.69, 9.17) is 0 Å². The van der Waals surface area contributed by atoms with Gasteiger partial charge in [0.05, 0.1) is 5.60 Å². The standard InChI is InChI=1S/C14H23BrN4O/c1-2-16-12-11(15)13(19-10-18-12)17-9-14(20)7-5-3-4-6-8-14/h10,20H,2-9H2,1H3,(H2,16,17,18,19). The minimum atomic E-state index is -0.612. The van der Waals surface area contributed by atoms with Crippen molar-refractivity contribution in [2.45, 2.75) is 51.0 Å². The van der Waals surface area contributed by atoms with Crippen LogP contribution in [0.2, 0.25) is 0 Å². The molecule has 2 rings (SSSR count). The number of halogens is 1. The first kappa shape index (κ1) is 15.5. The van der Waals surface area contributed by atoms with Crippen LogP contribution in [0.15, 0.2) is 10.8 Å². The van der Waals surface area contributed by atoms with E-state index < -0.39 is 5.60 Å². The second-order valence-electron chi connectivity index (χ2n) is 5.41. The Morgan fingerprint density at radius 1 is 1.15 bits per heavy atom. The summed E-state index contributed by atoms with van der Waals surface area (Å²) in [5.74, 6) is 1.51. The van der Waals surface area contributed by atoms with E-state index in [9.17, 15) is 5.11 Å². The Kier molecular flexibility index (Phi) is 5.60. The molecule has 5 nitrogen and oxygen atoms in total. The molecule has 1 saturated carbocycles. The summed E-state index contributed by atoms with van der Waals surface area (Å²) in [6.07, 6.45) is 7.92. The number of rotatable bonds is 5. The van der Waals surface area contributed by atoms with Crippen LogP contribution in [-0.4, -0.2) is 33.8 Å². The average Bonchev–Trinajstić information content (AvgIpc) is 2.65. The second-order valence-corrected chi connectivity index (χ2v) is 6.20. The highest BCUT2D eigenvalue weighted by molar-refractivity contribution is 9.10. The van der Waals surface area contributed by atoms with Gasteiger partial charge in [0, 0.05) is 13.1 Å². The molecule has 1 aliphatic rings. The summed E-state index contributed by atoms with van der Waals surface area (Å²) in [7, 11) is 0. The van der Waals surface area contributed by atoms with Crippen molar-refractivity contribution in [1.29, 1.82) is 0 Å². The van der Waals surface area contributed by atoms with Crippen LogP contribution in [0, 0.1) is 0 Å². The molecule has 3 N–H and O–H groups in total. The van der Waals surface area contributed by atoms with Gasteiger partial charge in [-0.2, -0.15) is 0 Å². The van der Waals surface area contributed by atoms with Crippen LogP contribution in [0.4, 0.5) is 11.6 Å². The van der Waals surface area contributed by atoms with Gasteiger partial charge >= 0.3 is 0 Å². The number of nitrogens with zero attached hydrogens (tertiary/aromatic N) is 2. The van der Waals surface area contributed by atoms with Crippen LogP contribution in [0.1, 0.15) is 45.4 Å². The Labute approximate surface area is 128 Å². The summed E-state index contributed by atoms with van der Waals surface area (Å²) < 4.78 is 0.819. The lowest BCUT2D eigenvalue weighted by Crippen LogP contribution is -2.36. The summed E-state index contributed by atoms with van der Waals surface area (Å²) in [5.41, 5.74) is -0.612. The van der Waals surface area contributed by atoms with E-state index in [-0.39, 0.29) is 0 Å². The Balaban J connectivity index is 2.01. The Bertz CT molecular complexity index is 433. The molecule has 1 aromatic rings. The maximum atomic E-state index is 10.6. The molecule has 0 atom stereocenters. The normalized spacial score (nSPS) is 18.4. The fourth-order valence-corrected chi connectivity index (χ4v) is 3.08. The molecule has 1 fully saturated rings. The fraction of sp³-hybridized carbons (Fsp3) is 0.714. The monoisotopic (exact) mass is 342 g/mol. The second kappa shape index (κ2) is 7.22. The molecule has 0 bridgehead atoms. The van der Waals surface area contributed by atoms with Crippen molar-refractivity contribution in [3.63, 3.8) is 0 Å². The van der Waals surface area contributed by atoms with Gasteiger partial charge < -0.3 is 15.7 Å².